The lowest BCUT2D eigenvalue weighted by atomic mass is 10.1. The van der Waals surface area contributed by atoms with Gasteiger partial charge in [-0.1, -0.05) is 29.3 Å². The second-order valence-electron chi connectivity index (χ2n) is 4.24. The molecule has 0 bridgehead atoms. The van der Waals surface area contributed by atoms with Crippen LogP contribution >= 0.6 is 23.2 Å². The van der Waals surface area contributed by atoms with Crippen molar-refractivity contribution in [1.82, 2.24) is 5.32 Å². The molecule has 16 heavy (non-hydrogen) atoms. The maximum atomic E-state index is 5.95. The molecular weight excluding hydrogens is 243 g/mol. The highest BCUT2D eigenvalue weighted by atomic mass is 35.5. The molecule has 0 radical (unpaired) electrons. The van der Waals surface area contributed by atoms with Crippen LogP contribution < -0.4 is 11.1 Å². The van der Waals surface area contributed by atoms with Gasteiger partial charge in [0, 0.05) is 18.6 Å². The van der Waals surface area contributed by atoms with Crippen molar-refractivity contribution >= 4 is 23.2 Å². The number of rotatable bonds is 5. The summed E-state index contributed by atoms with van der Waals surface area (Å²) < 4.78 is 0. The SMILES string of the molecule is CC(N)CNC(C)Cc1ccc(Cl)c(Cl)c1. The molecule has 90 valence electrons. The monoisotopic (exact) mass is 260 g/mol. The van der Waals surface area contributed by atoms with Gasteiger partial charge in [0.25, 0.3) is 0 Å². The molecule has 0 saturated heterocycles. The van der Waals surface area contributed by atoms with Crippen LogP contribution in [-0.4, -0.2) is 18.6 Å². The fourth-order valence-corrected chi connectivity index (χ4v) is 1.80. The molecule has 0 aliphatic heterocycles. The molecule has 4 heteroatoms. The number of benzene rings is 1. The lowest BCUT2D eigenvalue weighted by Crippen LogP contribution is -2.37. The van der Waals surface area contributed by atoms with Gasteiger partial charge in [0.1, 0.15) is 0 Å². The van der Waals surface area contributed by atoms with Crippen LogP contribution in [0.1, 0.15) is 19.4 Å². The van der Waals surface area contributed by atoms with E-state index < -0.39 is 0 Å². The van der Waals surface area contributed by atoms with Gasteiger partial charge in [-0.15, -0.1) is 0 Å². The molecule has 2 nitrogen and oxygen atoms in total. The van der Waals surface area contributed by atoms with E-state index in [-0.39, 0.29) is 6.04 Å². The molecule has 0 fully saturated rings. The van der Waals surface area contributed by atoms with E-state index in [4.69, 9.17) is 28.9 Å². The van der Waals surface area contributed by atoms with Gasteiger partial charge in [0.15, 0.2) is 0 Å². The van der Waals surface area contributed by atoms with Crippen LogP contribution in [0.15, 0.2) is 18.2 Å². The third-order valence-electron chi connectivity index (χ3n) is 2.31. The van der Waals surface area contributed by atoms with Crippen molar-refractivity contribution in [2.45, 2.75) is 32.4 Å². The van der Waals surface area contributed by atoms with E-state index in [1.807, 2.05) is 25.1 Å². The predicted octanol–water partition coefficient (Wildman–Crippen LogP) is 2.86. The highest BCUT2D eigenvalue weighted by molar-refractivity contribution is 6.42. The molecule has 0 aromatic heterocycles. The summed E-state index contributed by atoms with van der Waals surface area (Å²) in [6.45, 7) is 4.94. The van der Waals surface area contributed by atoms with Gasteiger partial charge in [-0.3, -0.25) is 0 Å². The highest BCUT2D eigenvalue weighted by Crippen LogP contribution is 2.23. The average Bonchev–Trinajstić information content (AvgIpc) is 2.21. The fraction of sp³-hybridized carbons (Fsp3) is 0.500. The Morgan fingerprint density at radius 2 is 1.94 bits per heavy atom. The number of nitrogens with one attached hydrogen (secondary N) is 1. The molecule has 0 aliphatic rings. The number of halogens is 2. The number of hydrogen-bond acceptors (Lipinski definition) is 2. The van der Waals surface area contributed by atoms with Crippen molar-refractivity contribution in [2.75, 3.05) is 6.54 Å². The quantitative estimate of drug-likeness (QED) is 0.855. The van der Waals surface area contributed by atoms with Gasteiger partial charge in [0.2, 0.25) is 0 Å². The summed E-state index contributed by atoms with van der Waals surface area (Å²) in [6, 6.07) is 6.29. The van der Waals surface area contributed by atoms with E-state index in [1.165, 1.54) is 5.56 Å². The van der Waals surface area contributed by atoms with Crippen LogP contribution in [0.4, 0.5) is 0 Å². The first-order valence-electron chi connectivity index (χ1n) is 5.42. The van der Waals surface area contributed by atoms with Crippen LogP contribution in [0.3, 0.4) is 0 Å². The molecule has 0 heterocycles. The molecule has 1 rings (SSSR count). The van der Waals surface area contributed by atoms with Gasteiger partial charge in [0.05, 0.1) is 10.0 Å². The molecule has 0 aliphatic carbocycles. The highest BCUT2D eigenvalue weighted by Gasteiger charge is 2.05. The van der Waals surface area contributed by atoms with Gasteiger partial charge >= 0.3 is 0 Å². The van der Waals surface area contributed by atoms with Crippen LogP contribution in [0.5, 0.6) is 0 Å². The summed E-state index contributed by atoms with van der Waals surface area (Å²) in [5.41, 5.74) is 6.86. The molecule has 0 saturated carbocycles. The van der Waals surface area contributed by atoms with Crippen molar-refractivity contribution < 1.29 is 0 Å². The van der Waals surface area contributed by atoms with Crippen molar-refractivity contribution in [3.05, 3.63) is 33.8 Å². The van der Waals surface area contributed by atoms with E-state index in [0.717, 1.165) is 13.0 Å². The molecule has 1 aromatic carbocycles. The lowest BCUT2D eigenvalue weighted by Gasteiger charge is -2.15. The summed E-state index contributed by atoms with van der Waals surface area (Å²) >= 11 is 11.8. The maximum absolute atomic E-state index is 5.95. The summed E-state index contributed by atoms with van der Waals surface area (Å²) in [5, 5.41) is 4.57. The molecule has 2 unspecified atom stereocenters. The van der Waals surface area contributed by atoms with Crippen molar-refractivity contribution in [1.29, 1.82) is 0 Å². The van der Waals surface area contributed by atoms with E-state index in [9.17, 15) is 0 Å². The lowest BCUT2D eigenvalue weighted by molar-refractivity contribution is 0.514. The third-order valence-corrected chi connectivity index (χ3v) is 3.05. The standard InChI is InChI=1S/C12H18Cl2N2/c1-8(15)7-16-9(2)5-10-3-4-11(13)12(14)6-10/h3-4,6,8-9,16H,5,7,15H2,1-2H3. The summed E-state index contributed by atoms with van der Waals surface area (Å²) in [4.78, 5) is 0. The summed E-state index contributed by atoms with van der Waals surface area (Å²) in [6.07, 6.45) is 0.920. The Morgan fingerprint density at radius 1 is 1.25 bits per heavy atom. The Bertz CT molecular complexity index is 340. The zero-order valence-electron chi connectivity index (χ0n) is 9.63. The Balaban J connectivity index is 2.49. The van der Waals surface area contributed by atoms with Gasteiger partial charge in [-0.2, -0.15) is 0 Å². The Labute approximate surface area is 107 Å². The zero-order valence-corrected chi connectivity index (χ0v) is 11.1. The molecule has 3 N–H and O–H groups in total. The predicted molar refractivity (Wildman–Crippen MR) is 71.3 cm³/mol. The number of hydrogen-bond donors (Lipinski definition) is 2. The minimum atomic E-state index is 0.177. The van der Waals surface area contributed by atoms with Crippen LogP contribution in [-0.2, 0) is 6.42 Å². The Hall–Kier alpha value is -0.280. The van der Waals surface area contributed by atoms with Crippen molar-refractivity contribution in [3.8, 4) is 0 Å². The van der Waals surface area contributed by atoms with Crippen LogP contribution in [0.2, 0.25) is 10.0 Å². The smallest absolute Gasteiger partial charge is 0.0595 e. The van der Waals surface area contributed by atoms with Crippen molar-refractivity contribution in [3.63, 3.8) is 0 Å². The van der Waals surface area contributed by atoms with E-state index in [1.54, 1.807) is 0 Å². The molecule has 1 aromatic rings. The van der Waals surface area contributed by atoms with Gasteiger partial charge in [-0.25, -0.2) is 0 Å². The van der Waals surface area contributed by atoms with Crippen molar-refractivity contribution in [2.24, 2.45) is 5.73 Å². The summed E-state index contributed by atoms with van der Waals surface area (Å²) in [5.74, 6) is 0. The second-order valence-corrected chi connectivity index (χ2v) is 5.05. The third kappa shape index (κ3) is 4.71. The molecule has 2 atom stereocenters. The first-order chi connectivity index (χ1) is 7.49. The maximum Gasteiger partial charge on any atom is 0.0595 e. The molecular formula is C12H18Cl2N2. The second kappa shape index (κ2) is 6.45. The Morgan fingerprint density at radius 3 is 2.50 bits per heavy atom. The topological polar surface area (TPSA) is 38.0 Å². The normalized spacial score (nSPS) is 14.8. The van der Waals surface area contributed by atoms with Crippen LogP contribution in [0.25, 0.3) is 0 Å². The first kappa shape index (κ1) is 13.8. The van der Waals surface area contributed by atoms with E-state index >= 15 is 0 Å². The largest absolute Gasteiger partial charge is 0.327 e. The first-order valence-corrected chi connectivity index (χ1v) is 6.17. The average molecular weight is 261 g/mol. The molecule has 0 spiro atoms. The Kier molecular flexibility index (Phi) is 5.56. The zero-order chi connectivity index (χ0) is 12.1. The van der Waals surface area contributed by atoms with E-state index in [0.29, 0.717) is 16.1 Å². The minimum Gasteiger partial charge on any atom is -0.327 e. The number of nitrogens with two attached hydrogens (primary N) is 1. The molecule has 0 amide bonds. The minimum absolute atomic E-state index is 0.177. The van der Waals surface area contributed by atoms with Crippen LogP contribution in [0, 0.1) is 0 Å². The fourth-order valence-electron chi connectivity index (χ4n) is 1.48. The van der Waals surface area contributed by atoms with Gasteiger partial charge < -0.3 is 11.1 Å². The van der Waals surface area contributed by atoms with Gasteiger partial charge in [-0.05, 0) is 38.0 Å². The summed E-state index contributed by atoms with van der Waals surface area (Å²) in [7, 11) is 0. The van der Waals surface area contributed by atoms with E-state index in [2.05, 4.69) is 12.2 Å².